The first-order chi connectivity index (χ1) is 10.7. The van der Waals surface area contributed by atoms with E-state index in [1.807, 2.05) is 13.8 Å². The fourth-order valence-electron chi connectivity index (χ4n) is 2.65. The van der Waals surface area contributed by atoms with E-state index in [1.54, 1.807) is 6.07 Å². The Morgan fingerprint density at radius 3 is 2.52 bits per heavy atom. The lowest BCUT2D eigenvalue weighted by Gasteiger charge is -2.33. The summed E-state index contributed by atoms with van der Waals surface area (Å²) < 4.78 is 43.6. The summed E-state index contributed by atoms with van der Waals surface area (Å²) in [7, 11) is 0. The van der Waals surface area contributed by atoms with E-state index >= 15 is 0 Å². The third kappa shape index (κ3) is 3.11. The quantitative estimate of drug-likeness (QED) is 0.835. The number of benzene rings is 1. The summed E-state index contributed by atoms with van der Waals surface area (Å²) in [6, 6.07) is 5.53. The van der Waals surface area contributed by atoms with Crippen molar-refractivity contribution in [2.45, 2.75) is 38.5 Å². The zero-order valence-corrected chi connectivity index (χ0v) is 12.7. The molecule has 1 aromatic heterocycles. The lowest BCUT2D eigenvalue weighted by molar-refractivity contribution is -0.141. The number of ether oxygens (including phenoxy) is 1. The third-order valence-electron chi connectivity index (χ3n) is 3.94. The van der Waals surface area contributed by atoms with Crippen LogP contribution in [0.15, 0.2) is 30.5 Å². The highest BCUT2D eigenvalue weighted by molar-refractivity contribution is 5.68. The summed E-state index contributed by atoms with van der Waals surface area (Å²) in [5.41, 5.74) is 0.508. The van der Waals surface area contributed by atoms with Crippen molar-refractivity contribution in [1.82, 2.24) is 4.98 Å². The minimum atomic E-state index is -4.47. The van der Waals surface area contributed by atoms with Crippen LogP contribution < -0.4 is 4.74 Å². The van der Waals surface area contributed by atoms with E-state index in [0.717, 1.165) is 24.2 Å². The third-order valence-corrected chi connectivity index (χ3v) is 3.94. The molecule has 6 heteroatoms. The van der Waals surface area contributed by atoms with Gasteiger partial charge < -0.3 is 9.84 Å². The van der Waals surface area contributed by atoms with Crippen molar-refractivity contribution in [3.8, 4) is 22.6 Å². The second-order valence-electron chi connectivity index (χ2n) is 6.26. The molecule has 1 aromatic carbocycles. The molecule has 3 rings (SSSR count). The number of rotatable bonds is 1. The molecule has 23 heavy (non-hydrogen) atoms. The minimum Gasteiger partial charge on any atom is -0.508 e. The van der Waals surface area contributed by atoms with Gasteiger partial charge in [-0.3, -0.25) is 4.98 Å². The Labute approximate surface area is 131 Å². The van der Waals surface area contributed by atoms with Gasteiger partial charge in [0.25, 0.3) is 0 Å². The average Bonchev–Trinajstić information content (AvgIpc) is 2.45. The van der Waals surface area contributed by atoms with Crippen molar-refractivity contribution in [2.75, 3.05) is 0 Å². The summed E-state index contributed by atoms with van der Waals surface area (Å²) in [6.07, 6.45) is -1.84. The number of fused-ring (bicyclic) bond motifs is 1. The van der Waals surface area contributed by atoms with Gasteiger partial charge in [0, 0.05) is 17.3 Å². The van der Waals surface area contributed by atoms with E-state index in [0.29, 0.717) is 23.3 Å². The molecule has 0 atom stereocenters. The number of phenols is 1. The summed E-state index contributed by atoms with van der Waals surface area (Å²) >= 11 is 0. The van der Waals surface area contributed by atoms with Crippen LogP contribution in [0.25, 0.3) is 11.1 Å². The molecule has 0 fully saturated rings. The van der Waals surface area contributed by atoms with E-state index in [2.05, 4.69) is 4.98 Å². The van der Waals surface area contributed by atoms with Gasteiger partial charge >= 0.3 is 6.18 Å². The van der Waals surface area contributed by atoms with Crippen LogP contribution in [-0.2, 0) is 12.6 Å². The fourth-order valence-corrected chi connectivity index (χ4v) is 2.65. The SMILES string of the molecule is CC1(C)CCc2c(O)cc(-c3ccc(C(F)(F)F)nc3)cc2O1. The first-order valence-electron chi connectivity index (χ1n) is 7.24. The fraction of sp³-hybridized carbons (Fsp3) is 0.353. The van der Waals surface area contributed by atoms with Gasteiger partial charge in [-0.25, -0.2) is 0 Å². The maximum Gasteiger partial charge on any atom is 0.433 e. The number of hydrogen-bond donors (Lipinski definition) is 1. The van der Waals surface area contributed by atoms with Crippen molar-refractivity contribution in [3.05, 3.63) is 41.7 Å². The molecule has 0 saturated carbocycles. The number of halogens is 3. The van der Waals surface area contributed by atoms with Gasteiger partial charge in [-0.05, 0) is 50.5 Å². The molecular formula is C17H16F3NO2. The van der Waals surface area contributed by atoms with Crippen LogP contribution >= 0.6 is 0 Å². The number of aromatic hydroxyl groups is 1. The lowest BCUT2D eigenvalue weighted by Crippen LogP contribution is -2.32. The van der Waals surface area contributed by atoms with Gasteiger partial charge in [-0.15, -0.1) is 0 Å². The first kappa shape index (κ1) is 15.6. The second-order valence-corrected chi connectivity index (χ2v) is 6.26. The Hall–Kier alpha value is -2.24. The predicted octanol–water partition coefficient (Wildman–Crippen LogP) is 4.58. The Bertz CT molecular complexity index is 737. The van der Waals surface area contributed by atoms with Gasteiger partial charge in [0.1, 0.15) is 22.8 Å². The maximum absolute atomic E-state index is 12.6. The Morgan fingerprint density at radius 1 is 1.17 bits per heavy atom. The van der Waals surface area contributed by atoms with Crippen LogP contribution in [-0.4, -0.2) is 15.7 Å². The number of alkyl halides is 3. The minimum absolute atomic E-state index is 0.0906. The van der Waals surface area contributed by atoms with Gasteiger partial charge in [0.15, 0.2) is 0 Å². The summed E-state index contributed by atoms with van der Waals surface area (Å²) in [4.78, 5) is 3.45. The largest absolute Gasteiger partial charge is 0.508 e. The monoisotopic (exact) mass is 323 g/mol. The van der Waals surface area contributed by atoms with Gasteiger partial charge in [-0.1, -0.05) is 6.07 Å². The molecule has 1 aliphatic heterocycles. The van der Waals surface area contributed by atoms with E-state index in [4.69, 9.17) is 4.74 Å². The van der Waals surface area contributed by atoms with Crippen LogP contribution in [0.1, 0.15) is 31.5 Å². The van der Waals surface area contributed by atoms with Gasteiger partial charge in [0.05, 0.1) is 0 Å². The van der Waals surface area contributed by atoms with E-state index < -0.39 is 11.9 Å². The van der Waals surface area contributed by atoms with Crippen LogP contribution in [0.4, 0.5) is 13.2 Å². The summed E-state index contributed by atoms with van der Waals surface area (Å²) in [6.45, 7) is 3.92. The van der Waals surface area contributed by atoms with E-state index in [9.17, 15) is 18.3 Å². The highest BCUT2D eigenvalue weighted by atomic mass is 19.4. The molecule has 1 aliphatic rings. The van der Waals surface area contributed by atoms with Crippen molar-refractivity contribution in [1.29, 1.82) is 0 Å². The zero-order chi connectivity index (χ0) is 16.8. The molecule has 0 radical (unpaired) electrons. The molecule has 0 aliphatic carbocycles. The lowest BCUT2D eigenvalue weighted by atomic mass is 9.92. The zero-order valence-electron chi connectivity index (χ0n) is 12.7. The molecule has 122 valence electrons. The van der Waals surface area contributed by atoms with Crippen molar-refractivity contribution >= 4 is 0 Å². The van der Waals surface area contributed by atoms with Crippen LogP contribution in [0.2, 0.25) is 0 Å². The molecule has 0 amide bonds. The molecule has 0 bridgehead atoms. The Morgan fingerprint density at radius 2 is 1.91 bits per heavy atom. The second kappa shape index (κ2) is 5.15. The Balaban J connectivity index is 2.00. The molecule has 1 N–H and O–H groups in total. The van der Waals surface area contributed by atoms with Crippen LogP contribution in [0.5, 0.6) is 11.5 Å². The molecule has 2 aromatic rings. The standard InChI is InChI=1S/C17H16F3NO2/c1-16(2)6-5-12-13(22)7-11(8-14(12)23-16)10-3-4-15(21-9-10)17(18,19)20/h3-4,7-9,22H,5-6H2,1-2H3. The topological polar surface area (TPSA) is 42.4 Å². The van der Waals surface area contributed by atoms with Crippen molar-refractivity contribution in [2.24, 2.45) is 0 Å². The van der Waals surface area contributed by atoms with Gasteiger partial charge in [0.2, 0.25) is 0 Å². The summed E-state index contributed by atoms with van der Waals surface area (Å²) in [5.74, 6) is 0.657. The van der Waals surface area contributed by atoms with E-state index in [1.165, 1.54) is 12.1 Å². The van der Waals surface area contributed by atoms with Crippen molar-refractivity contribution < 1.29 is 23.0 Å². The summed E-state index contributed by atoms with van der Waals surface area (Å²) in [5, 5.41) is 10.2. The van der Waals surface area contributed by atoms with Gasteiger partial charge in [-0.2, -0.15) is 13.2 Å². The highest BCUT2D eigenvalue weighted by Crippen LogP contribution is 2.41. The van der Waals surface area contributed by atoms with Crippen molar-refractivity contribution in [3.63, 3.8) is 0 Å². The number of aromatic nitrogens is 1. The number of phenolic OH excluding ortho intramolecular Hbond substituents is 1. The number of nitrogens with zero attached hydrogens (tertiary/aromatic N) is 1. The molecule has 0 spiro atoms. The normalized spacial score (nSPS) is 16.6. The highest BCUT2D eigenvalue weighted by Gasteiger charge is 2.32. The number of pyridine rings is 1. The Kier molecular flexibility index (Phi) is 3.50. The molecule has 2 heterocycles. The predicted molar refractivity (Wildman–Crippen MR) is 79.4 cm³/mol. The maximum atomic E-state index is 12.6. The van der Waals surface area contributed by atoms with Crippen LogP contribution in [0.3, 0.4) is 0 Å². The molecule has 3 nitrogen and oxygen atoms in total. The van der Waals surface area contributed by atoms with E-state index in [-0.39, 0.29) is 11.4 Å². The molecule has 0 saturated heterocycles. The first-order valence-corrected chi connectivity index (χ1v) is 7.24. The number of hydrogen-bond acceptors (Lipinski definition) is 3. The smallest absolute Gasteiger partial charge is 0.433 e. The average molecular weight is 323 g/mol. The molecule has 0 unspecified atom stereocenters. The molecular weight excluding hydrogens is 307 g/mol. The van der Waals surface area contributed by atoms with Crippen LogP contribution in [0, 0.1) is 0 Å².